The van der Waals surface area contributed by atoms with Gasteiger partial charge in [-0.3, -0.25) is 4.79 Å². The van der Waals surface area contributed by atoms with E-state index in [4.69, 9.17) is 4.74 Å². The van der Waals surface area contributed by atoms with Gasteiger partial charge in [-0.2, -0.15) is 0 Å². The molecule has 1 aromatic rings. The molecule has 0 aromatic heterocycles. The van der Waals surface area contributed by atoms with Crippen LogP contribution in [0.5, 0.6) is 5.75 Å². The van der Waals surface area contributed by atoms with Gasteiger partial charge in [-0.05, 0) is 32.0 Å². The minimum atomic E-state index is 0.174. The fourth-order valence-corrected chi connectivity index (χ4v) is 1.88. The number of amides is 1. The van der Waals surface area contributed by atoms with E-state index in [1.807, 2.05) is 38.2 Å². The molecule has 0 radical (unpaired) electrons. The Labute approximate surface area is 128 Å². The maximum atomic E-state index is 11.9. The minimum Gasteiger partial charge on any atom is -0.492 e. The van der Waals surface area contributed by atoms with Crippen LogP contribution in [0.25, 0.3) is 0 Å². The quantitative estimate of drug-likeness (QED) is 0.711. The number of hydrogen-bond acceptors (Lipinski definition) is 3. The fraction of sp³-hybridized carbons (Fsp3) is 0.588. The smallest absolute Gasteiger partial charge is 0.222 e. The van der Waals surface area contributed by atoms with Crippen molar-refractivity contribution in [1.82, 2.24) is 10.2 Å². The molecule has 0 aliphatic heterocycles. The summed E-state index contributed by atoms with van der Waals surface area (Å²) in [7, 11) is 1.83. The van der Waals surface area contributed by atoms with Gasteiger partial charge in [0.05, 0.1) is 6.54 Å². The average molecular weight is 292 g/mol. The van der Waals surface area contributed by atoms with Crippen LogP contribution in [0.3, 0.4) is 0 Å². The maximum absolute atomic E-state index is 11.9. The number of nitrogens with zero attached hydrogens (tertiary/aromatic N) is 1. The minimum absolute atomic E-state index is 0.174. The Balaban J connectivity index is 2.16. The fourth-order valence-electron chi connectivity index (χ4n) is 1.88. The predicted molar refractivity (Wildman–Crippen MR) is 86.7 cm³/mol. The molecule has 0 fully saturated rings. The van der Waals surface area contributed by atoms with Gasteiger partial charge in [0, 0.05) is 19.5 Å². The van der Waals surface area contributed by atoms with Crippen molar-refractivity contribution in [2.75, 3.05) is 26.7 Å². The van der Waals surface area contributed by atoms with E-state index >= 15 is 0 Å². The molecule has 4 nitrogen and oxygen atoms in total. The molecule has 0 aliphatic carbocycles. The predicted octanol–water partition coefficient (Wildman–Crippen LogP) is 2.61. The molecular formula is C17H28N2O2. The lowest BCUT2D eigenvalue weighted by atomic mass is 10.2. The molecule has 0 unspecified atom stereocenters. The molecule has 0 aliphatic rings. The second-order valence-corrected chi connectivity index (χ2v) is 5.69. The van der Waals surface area contributed by atoms with Crippen LogP contribution >= 0.6 is 0 Å². The first-order chi connectivity index (χ1) is 9.99. The maximum Gasteiger partial charge on any atom is 0.222 e. The first kappa shape index (κ1) is 17.5. The number of hydrogen-bond donors (Lipinski definition) is 1. The highest BCUT2D eigenvalue weighted by Gasteiger charge is 2.08. The number of nitrogens with one attached hydrogen (secondary N) is 1. The van der Waals surface area contributed by atoms with E-state index in [0.717, 1.165) is 18.7 Å². The van der Waals surface area contributed by atoms with E-state index in [-0.39, 0.29) is 5.91 Å². The highest BCUT2D eigenvalue weighted by molar-refractivity contribution is 5.75. The molecule has 0 heterocycles. The second kappa shape index (κ2) is 9.40. The highest BCUT2D eigenvalue weighted by atomic mass is 16.5. The molecule has 1 rings (SSSR count). The molecular weight excluding hydrogens is 264 g/mol. The summed E-state index contributed by atoms with van der Waals surface area (Å²) in [6.07, 6.45) is 1.46. The van der Waals surface area contributed by atoms with E-state index in [1.54, 1.807) is 4.90 Å². The van der Waals surface area contributed by atoms with Gasteiger partial charge in [0.1, 0.15) is 12.4 Å². The SMILES string of the molecule is Cc1ccc(OCCN(C)C(=O)CCCNC(C)C)cc1. The van der Waals surface area contributed by atoms with Gasteiger partial charge in [0.2, 0.25) is 5.91 Å². The number of carbonyl (C=O) groups excluding carboxylic acids is 1. The number of rotatable bonds is 9. The Kier molecular flexibility index (Phi) is 7.83. The standard InChI is InChI=1S/C17H28N2O2/c1-14(2)18-11-5-6-17(20)19(4)12-13-21-16-9-7-15(3)8-10-16/h7-10,14,18H,5-6,11-13H2,1-4H3. The third-order valence-electron chi connectivity index (χ3n) is 3.26. The Hall–Kier alpha value is -1.55. The lowest BCUT2D eigenvalue weighted by molar-refractivity contribution is -0.130. The monoisotopic (exact) mass is 292 g/mol. The van der Waals surface area contributed by atoms with Gasteiger partial charge < -0.3 is 15.0 Å². The van der Waals surface area contributed by atoms with Gasteiger partial charge in [-0.15, -0.1) is 0 Å². The molecule has 1 N–H and O–H groups in total. The summed E-state index contributed by atoms with van der Waals surface area (Å²) in [5.74, 6) is 1.02. The number of benzene rings is 1. The van der Waals surface area contributed by atoms with Crippen LogP contribution in [0.4, 0.5) is 0 Å². The number of aryl methyl sites for hydroxylation is 1. The van der Waals surface area contributed by atoms with Crippen LogP contribution in [-0.4, -0.2) is 43.6 Å². The Morgan fingerprint density at radius 1 is 1.29 bits per heavy atom. The van der Waals surface area contributed by atoms with Crippen molar-refractivity contribution >= 4 is 5.91 Å². The normalized spacial score (nSPS) is 10.7. The largest absolute Gasteiger partial charge is 0.492 e. The number of ether oxygens (including phenoxy) is 1. The van der Waals surface area contributed by atoms with Crippen molar-refractivity contribution in [3.05, 3.63) is 29.8 Å². The van der Waals surface area contributed by atoms with Crippen molar-refractivity contribution in [1.29, 1.82) is 0 Å². The van der Waals surface area contributed by atoms with E-state index in [0.29, 0.717) is 25.6 Å². The van der Waals surface area contributed by atoms with Crippen LogP contribution in [0.1, 0.15) is 32.3 Å². The van der Waals surface area contributed by atoms with E-state index in [1.165, 1.54) is 5.56 Å². The number of likely N-dealkylation sites (N-methyl/N-ethyl adjacent to an activating group) is 1. The molecule has 4 heteroatoms. The van der Waals surface area contributed by atoms with Crippen LogP contribution in [0, 0.1) is 6.92 Å². The molecule has 118 valence electrons. The van der Waals surface area contributed by atoms with Crippen molar-refractivity contribution in [2.24, 2.45) is 0 Å². The highest BCUT2D eigenvalue weighted by Crippen LogP contribution is 2.11. The molecule has 0 bridgehead atoms. The molecule has 0 saturated heterocycles. The molecule has 21 heavy (non-hydrogen) atoms. The number of carbonyl (C=O) groups is 1. The van der Waals surface area contributed by atoms with E-state index in [2.05, 4.69) is 19.2 Å². The summed E-state index contributed by atoms with van der Waals surface area (Å²) in [4.78, 5) is 13.7. The molecule has 1 aromatic carbocycles. The van der Waals surface area contributed by atoms with Crippen LogP contribution in [0.2, 0.25) is 0 Å². The zero-order valence-electron chi connectivity index (χ0n) is 13.7. The Morgan fingerprint density at radius 2 is 1.95 bits per heavy atom. The van der Waals surface area contributed by atoms with Gasteiger partial charge >= 0.3 is 0 Å². The van der Waals surface area contributed by atoms with Crippen LogP contribution in [0.15, 0.2) is 24.3 Å². The lowest BCUT2D eigenvalue weighted by Gasteiger charge is -2.18. The molecule has 0 atom stereocenters. The van der Waals surface area contributed by atoms with Crippen molar-refractivity contribution < 1.29 is 9.53 Å². The lowest BCUT2D eigenvalue weighted by Crippen LogP contribution is -2.31. The van der Waals surface area contributed by atoms with Crippen molar-refractivity contribution in [2.45, 2.75) is 39.7 Å². The molecule has 0 saturated carbocycles. The average Bonchev–Trinajstić information content (AvgIpc) is 2.45. The summed E-state index contributed by atoms with van der Waals surface area (Å²) in [5, 5.41) is 3.31. The van der Waals surface area contributed by atoms with Gasteiger partial charge in [0.25, 0.3) is 0 Å². The van der Waals surface area contributed by atoms with Gasteiger partial charge in [-0.1, -0.05) is 31.5 Å². The topological polar surface area (TPSA) is 41.6 Å². The summed E-state index contributed by atoms with van der Waals surface area (Å²) in [5.41, 5.74) is 1.21. The summed E-state index contributed by atoms with van der Waals surface area (Å²) >= 11 is 0. The van der Waals surface area contributed by atoms with Crippen molar-refractivity contribution in [3.8, 4) is 5.75 Å². The van der Waals surface area contributed by atoms with Crippen LogP contribution < -0.4 is 10.1 Å². The molecule has 0 spiro atoms. The zero-order chi connectivity index (χ0) is 15.7. The third kappa shape index (κ3) is 7.71. The summed E-state index contributed by atoms with van der Waals surface area (Å²) in [6, 6.07) is 8.42. The van der Waals surface area contributed by atoms with E-state index < -0.39 is 0 Å². The van der Waals surface area contributed by atoms with Crippen molar-refractivity contribution in [3.63, 3.8) is 0 Å². The second-order valence-electron chi connectivity index (χ2n) is 5.69. The summed E-state index contributed by atoms with van der Waals surface area (Å²) < 4.78 is 5.63. The van der Waals surface area contributed by atoms with Crippen LogP contribution in [-0.2, 0) is 4.79 Å². The Bertz CT molecular complexity index is 415. The Morgan fingerprint density at radius 3 is 2.57 bits per heavy atom. The molecule has 1 amide bonds. The first-order valence-corrected chi connectivity index (χ1v) is 7.66. The first-order valence-electron chi connectivity index (χ1n) is 7.66. The third-order valence-corrected chi connectivity index (χ3v) is 3.26. The zero-order valence-corrected chi connectivity index (χ0v) is 13.7. The van der Waals surface area contributed by atoms with Gasteiger partial charge in [0.15, 0.2) is 0 Å². The van der Waals surface area contributed by atoms with Gasteiger partial charge in [-0.25, -0.2) is 0 Å². The summed E-state index contributed by atoms with van der Waals surface area (Å²) in [6.45, 7) is 8.29. The van der Waals surface area contributed by atoms with E-state index in [9.17, 15) is 4.79 Å².